The summed E-state index contributed by atoms with van der Waals surface area (Å²) in [5.74, 6) is 0.923. The van der Waals surface area contributed by atoms with Crippen molar-refractivity contribution in [2.75, 3.05) is 19.6 Å². The Morgan fingerprint density at radius 1 is 1.47 bits per heavy atom. The van der Waals surface area contributed by atoms with Crippen molar-refractivity contribution in [3.63, 3.8) is 0 Å². The predicted molar refractivity (Wildman–Crippen MR) is 61.2 cm³/mol. The molecule has 1 aromatic rings. The number of nitrogens with one attached hydrogen (secondary N) is 1. The first-order valence-corrected chi connectivity index (χ1v) is 5.82. The van der Waals surface area contributed by atoms with E-state index in [1.165, 1.54) is 0 Å². The van der Waals surface area contributed by atoms with Gasteiger partial charge in [-0.1, -0.05) is 0 Å². The van der Waals surface area contributed by atoms with Crippen LogP contribution in [0.2, 0.25) is 0 Å². The highest BCUT2D eigenvalue weighted by Crippen LogP contribution is 2.06. The van der Waals surface area contributed by atoms with Gasteiger partial charge in [0.05, 0.1) is 6.26 Å². The third-order valence-electron chi connectivity index (χ3n) is 2.83. The lowest BCUT2D eigenvalue weighted by atomic mass is 10.2. The second-order valence-electron chi connectivity index (χ2n) is 4.06. The zero-order valence-electron chi connectivity index (χ0n) is 9.65. The van der Waals surface area contributed by atoms with E-state index in [-0.39, 0.29) is 11.8 Å². The minimum Gasteiger partial charge on any atom is -0.469 e. The molecular weight excluding hydrogens is 220 g/mol. The number of carbonyl (C=O) groups is 2. The molecule has 1 fully saturated rings. The van der Waals surface area contributed by atoms with Crippen LogP contribution < -0.4 is 5.32 Å². The summed E-state index contributed by atoms with van der Waals surface area (Å²) in [4.78, 5) is 24.8. The van der Waals surface area contributed by atoms with Crippen molar-refractivity contribution in [3.8, 4) is 0 Å². The molecule has 1 saturated heterocycles. The van der Waals surface area contributed by atoms with Crippen molar-refractivity contribution in [1.29, 1.82) is 0 Å². The molecule has 0 unspecified atom stereocenters. The SMILES string of the molecule is O=C1CCN(C(=O)CCc2ccco2)CCN1. The fourth-order valence-electron chi connectivity index (χ4n) is 1.86. The zero-order valence-corrected chi connectivity index (χ0v) is 9.65. The van der Waals surface area contributed by atoms with Crippen LogP contribution in [0.15, 0.2) is 22.8 Å². The minimum atomic E-state index is 0.0198. The highest BCUT2D eigenvalue weighted by molar-refractivity contribution is 5.80. The van der Waals surface area contributed by atoms with Crippen LogP contribution in [0.1, 0.15) is 18.6 Å². The van der Waals surface area contributed by atoms with Gasteiger partial charge in [0, 0.05) is 38.9 Å². The summed E-state index contributed by atoms with van der Waals surface area (Å²) < 4.78 is 5.18. The van der Waals surface area contributed by atoms with Gasteiger partial charge in [-0.2, -0.15) is 0 Å². The molecule has 5 nitrogen and oxygen atoms in total. The molecule has 1 aliphatic rings. The van der Waals surface area contributed by atoms with Crippen molar-refractivity contribution in [2.24, 2.45) is 0 Å². The van der Waals surface area contributed by atoms with Crippen molar-refractivity contribution in [3.05, 3.63) is 24.2 Å². The number of carbonyl (C=O) groups excluding carboxylic acids is 2. The van der Waals surface area contributed by atoms with E-state index in [9.17, 15) is 9.59 Å². The van der Waals surface area contributed by atoms with Crippen LogP contribution in [0, 0.1) is 0 Å². The first-order chi connectivity index (χ1) is 8.25. The van der Waals surface area contributed by atoms with Gasteiger partial charge in [-0.25, -0.2) is 0 Å². The lowest BCUT2D eigenvalue weighted by Crippen LogP contribution is -2.34. The Morgan fingerprint density at radius 3 is 3.12 bits per heavy atom. The zero-order chi connectivity index (χ0) is 12.1. The molecule has 0 spiro atoms. The molecule has 2 heterocycles. The predicted octanol–water partition coefficient (Wildman–Crippen LogP) is 0.561. The minimum absolute atomic E-state index is 0.0198. The van der Waals surface area contributed by atoms with Gasteiger partial charge >= 0.3 is 0 Å². The van der Waals surface area contributed by atoms with Gasteiger partial charge < -0.3 is 14.6 Å². The summed E-state index contributed by atoms with van der Waals surface area (Å²) in [6.45, 7) is 1.66. The maximum absolute atomic E-state index is 11.9. The Labute approximate surface area is 99.8 Å². The molecule has 1 N–H and O–H groups in total. The van der Waals surface area contributed by atoms with Crippen LogP contribution in [-0.4, -0.2) is 36.3 Å². The average Bonchev–Trinajstić information content (AvgIpc) is 2.74. The van der Waals surface area contributed by atoms with E-state index >= 15 is 0 Å². The van der Waals surface area contributed by atoms with Crippen LogP contribution in [0.5, 0.6) is 0 Å². The molecule has 0 saturated carbocycles. The maximum Gasteiger partial charge on any atom is 0.223 e. The molecule has 2 amide bonds. The number of furan rings is 1. The van der Waals surface area contributed by atoms with Crippen LogP contribution in [0.4, 0.5) is 0 Å². The number of amides is 2. The summed E-state index contributed by atoms with van der Waals surface area (Å²) in [5, 5.41) is 2.75. The van der Waals surface area contributed by atoms with Crippen LogP contribution in [-0.2, 0) is 16.0 Å². The van der Waals surface area contributed by atoms with E-state index in [0.717, 1.165) is 5.76 Å². The number of nitrogens with zero attached hydrogens (tertiary/aromatic N) is 1. The van der Waals surface area contributed by atoms with E-state index in [1.54, 1.807) is 11.2 Å². The lowest BCUT2D eigenvalue weighted by Gasteiger charge is -2.19. The summed E-state index contributed by atoms with van der Waals surface area (Å²) in [6, 6.07) is 3.68. The fourth-order valence-corrected chi connectivity index (χ4v) is 1.86. The summed E-state index contributed by atoms with van der Waals surface area (Å²) in [7, 11) is 0. The van der Waals surface area contributed by atoms with Gasteiger partial charge in [0.2, 0.25) is 11.8 Å². The van der Waals surface area contributed by atoms with E-state index in [4.69, 9.17) is 4.42 Å². The standard InChI is InChI=1S/C12H16N2O3/c15-11-5-7-14(8-6-13-11)12(16)4-3-10-2-1-9-17-10/h1-2,9H,3-8H2,(H,13,15). The topological polar surface area (TPSA) is 62.6 Å². The molecule has 1 aromatic heterocycles. The Kier molecular flexibility index (Phi) is 3.80. The molecule has 92 valence electrons. The highest BCUT2D eigenvalue weighted by Gasteiger charge is 2.18. The molecule has 2 rings (SSSR count). The summed E-state index contributed by atoms with van der Waals surface area (Å²) >= 11 is 0. The second-order valence-corrected chi connectivity index (χ2v) is 4.06. The van der Waals surface area contributed by atoms with Gasteiger partial charge in [-0.15, -0.1) is 0 Å². The van der Waals surface area contributed by atoms with Crippen molar-refractivity contribution in [2.45, 2.75) is 19.3 Å². The molecule has 17 heavy (non-hydrogen) atoms. The number of aryl methyl sites for hydroxylation is 1. The Bertz CT molecular complexity index is 386. The Morgan fingerprint density at radius 2 is 2.35 bits per heavy atom. The smallest absolute Gasteiger partial charge is 0.223 e. The molecular formula is C12H16N2O3. The molecule has 5 heteroatoms. The third kappa shape index (κ3) is 3.34. The normalized spacial score (nSPS) is 16.5. The molecule has 0 aliphatic carbocycles. The molecule has 0 radical (unpaired) electrons. The van der Waals surface area contributed by atoms with Gasteiger partial charge in [-0.05, 0) is 12.1 Å². The maximum atomic E-state index is 11.9. The number of hydrogen-bond donors (Lipinski definition) is 1. The largest absolute Gasteiger partial charge is 0.469 e. The van der Waals surface area contributed by atoms with Crippen molar-refractivity contribution in [1.82, 2.24) is 10.2 Å². The third-order valence-corrected chi connectivity index (χ3v) is 2.83. The molecule has 0 aromatic carbocycles. The fraction of sp³-hybridized carbons (Fsp3) is 0.500. The van der Waals surface area contributed by atoms with Crippen molar-refractivity contribution < 1.29 is 14.0 Å². The van der Waals surface area contributed by atoms with Gasteiger partial charge in [0.25, 0.3) is 0 Å². The molecule has 0 bridgehead atoms. The average molecular weight is 236 g/mol. The Balaban J connectivity index is 1.80. The van der Waals surface area contributed by atoms with Crippen LogP contribution >= 0.6 is 0 Å². The molecule has 1 aliphatic heterocycles. The lowest BCUT2D eigenvalue weighted by molar-refractivity contribution is -0.131. The van der Waals surface area contributed by atoms with Crippen LogP contribution in [0.25, 0.3) is 0 Å². The first kappa shape index (κ1) is 11.7. The van der Waals surface area contributed by atoms with E-state index < -0.39 is 0 Å². The van der Waals surface area contributed by atoms with Crippen LogP contribution in [0.3, 0.4) is 0 Å². The highest BCUT2D eigenvalue weighted by atomic mass is 16.3. The monoisotopic (exact) mass is 236 g/mol. The van der Waals surface area contributed by atoms with E-state index in [1.807, 2.05) is 12.1 Å². The van der Waals surface area contributed by atoms with Gasteiger partial charge in [0.1, 0.15) is 5.76 Å². The van der Waals surface area contributed by atoms with E-state index in [0.29, 0.717) is 38.9 Å². The van der Waals surface area contributed by atoms with Gasteiger partial charge in [0.15, 0.2) is 0 Å². The number of rotatable bonds is 3. The summed E-state index contributed by atoms with van der Waals surface area (Å²) in [6.07, 6.45) is 3.05. The summed E-state index contributed by atoms with van der Waals surface area (Å²) in [5.41, 5.74) is 0. The Hall–Kier alpha value is -1.78. The van der Waals surface area contributed by atoms with E-state index in [2.05, 4.69) is 5.32 Å². The van der Waals surface area contributed by atoms with Crippen molar-refractivity contribution >= 4 is 11.8 Å². The second kappa shape index (κ2) is 5.52. The van der Waals surface area contributed by atoms with Gasteiger partial charge in [-0.3, -0.25) is 9.59 Å². The number of hydrogen-bond acceptors (Lipinski definition) is 3. The quantitative estimate of drug-likeness (QED) is 0.834. The molecule has 0 atom stereocenters. The first-order valence-electron chi connectivity index (χ1n) is 5.82.